The lowest BCUT2D eigenvalue weighted by Crippen LogP contribution is -2.37. The largest absolute Gasteiger partial charge is 0.434 e. The molecule has 1 fully saturated rings. The summed E-state index contributed by atoms with van der Waals surface area (Å²) >= 11 is 0.949. The van der Waals surface area contributed by atoms with Crippen LogP contribution in [0.5, 0.6) is 0 Å². The predicted octanol–water partition coefficient (Wildman–Crippen LogP) is 1.67. The molecule has 0 radical (unpaired) electrons. The van der Waals surface area contributed by atoms with Crippen LogP contribution >= 0.6 is 11.3 Å². The Morgan fingerprint density at radius 2 is 2.00 bits per heavy atom. The smallest absolute Gasteiger partial charge is 0.348 e. The quantitative estimate of drug-likeness (QED) is 0.915. The van der Waals surface area contributed by atoms with E-state index in [9.17, 15) is 21.6 Å². The lowest BCUT2D eigenvalue weighted by atomic mass is 9.99. The molecule has 2 heterocycles. The molecule has 5 nitrogen and oxygen atoms in total. The number of alkyl halides is 3. The van der Waals surface area contributed by atoms with Gasteiger partial charge in [0.15, 0.2) is 10.8 Å². The summed E-state index contributed by atoms with van der Waals surface area (Å²) < 4.78 is 59.4. The second kappa shape index (κ2) is 5.49. The van der Waals surface area contributed by atoms with Gasteiger partial charge >= 0.3 is 6.18 Å². The van der Waals surface area contributed by atoms with Gasteiger partial charge in [-0.05, 0) is 18.8 Å². The molecule has 2 rings (SSSR count). The lowest BCUT2D eigenvalue weighted by molar-refractivity contribution is -0.140. The highest BCUT2D eigenvalue weighted by molar-refractivity contribution is 7.89. The average molecular weight is 329 g/mol. The zero-order chi connectivity index (χ0) is 15.0. The van der Waals surface area contributed by atoms with Gasteiger partial charge in [0.25, 0.3) is 0 Å². The van der Waals surface area contributed by atoms with Crippen molar-refractivity contribution in [2.75, 3.05) is 23.7 Å². The standard InChI is InChI=1S/C10H14F3N3O2S2/c11-10(12,13)8-5-19-9(15-8)16-3-1-7(2-4-16)6-20(14,17)18/h5,7H,1-4,6H2,(H2,14,17,18). The van der Waals surface area contributed by atoms with Gasteiger partial charge in [-0.3, -0.25) is 0 Å². The van der Waals surface area contributed by atoms with Crippen LogP contribution in [0.4, 0.5) is 18.3 Å². The maximum Gasteiger partial charge on any atom is 0.434 e. The number of sulfonamides is 1. The third-order valence-electron chi connectivity index (χ3n) is 3.14. The normalized spacial score (nSPS) is 18.5. The molecular weight excluding hydrogens is 315 g/mol. The number of nitrogens with two attached hydrogens (primary N) is 1. The van der Waals surface area contributed by atoms with E-state index in [0.717, 1.165) is 16.7 Å². The van der Waals surface area contributed by atoms with Crippen LogP contribution in [0.2, 0.25) is 0 Å². The number of thiazole rings is 1. The van der Waals surface area contributed by atoms with E-state index < -0.39 is 21.9 Å². The Hall–Kier alpha value is -0.870. The van der Waals surface area contributed by atoms with Gasteiger partial charge in [-0.2, -0.15) is 13.2 Å². The van der Waals surface area contributed by atoms with Crippen LogP contribution in [0.25, 0.3) is 0 Å². The molecular formula is C10H14F3N3O2S2. The number of nitrogens with zero attached hydrogens (tertiary/aromatic N) is 2. The van der Waals surface area contributed by atoms with Crippen molar-refractivity contribution in [1.29, 1.82) is 0 Å². The molecule has 0 saturated carbocycles. The number of aromatic nitrogens is 1. The lowest BCUT2D eigenvalue weighted by Gasteiger charge is -2.31. The van der Waals surface area contributed by atoms with Gasteiger partial charge in [0, 0.05) is 18.5 Å². The van der Waals surface area contributed by atoms with Gasteiger partial charge in [0.1, 0.15) is 0 Å². The average Bonchev–Trinajstić information content (AvgIpc) is 2.76. The van der Waals surface area contributed by atoms with E-state index in [1.165, 1.54) is 0 Å². The number of halogens is 3. The van der Waals surface area contributed by atoms with E-state index in [4.69, 9.17) is 5.14 Å². The molecule has 1 aromatic heterocycles. The second-order valence-electron chi connectivity index (χ2n) is 4.77. The van der Waals surface area contributed by atoms with Crippen molar-refractivity contribution in [1.82, 2.24) is 4.98 Å². The first-order valence-electron chi connectivity index (χ1n) is 5.93. The van der Waals surface area contributed by atoms with E-state index >= 15 is 0 Å². The van der Waals surface area contributed by atoms with Crippen LogP contribution in [0.3, 0.4) is 0 Å². The molecule has 0 amide bonds. The Morgan fingerprint density at radius 3 is 2.45 bits per heavy atom. The number of anilines is 1. The summed E-state index contributed by atoms with van der Waals surface area (Å²) in [5, 5.41) is 6.30. The molecule has 20 heavy (non-hydrogen) atoms. The molecule has 0 atom stereocenters. The van der Waals surface area contributed by atoms with Crippen LogP contribution in [0.15, 0.2) is 5.38 Å². The topological polar surface area (TPSA) is 76.3 Å². The zero-order valence-corrected chi connectivity index (χ0v) is 12.1. The van der Waals surface area contributed by atoms with Crippen molar-refractivity contribution in [3.8, 4) is 0 Å². The maximum absolute atomic E-state index is 12.5. The van der Waals surface area contributed by atoms with Crippen LogP contribution in [0.1, 0.15) is 18.5 Å². The fourth-order valence-electron chi connectivity index (χ4n) is 2.16. The summed E-state index contributed by atoms with van der Waals surface area (Å²) in [7, 11) is -3.50. The molecule has 0 bridgehead atoms. The number of rotatable bonds is 3. The monoisotopic (exact) mass is 329 g/mol. The van der Waals surface area contributed by atoms with E-state index in [1.54, 1.807) is 4.90 Å². The molecule has 1 aromatic rings. The first kappa shape index (κ1) is 15.5. The van der Waals surface area contributed by atoms with Crippen LogP contribution in [-0.4, -0.2) is 32.2 Å². The van der Waals surface area contributed by atoms with Crippen molar-refractivity contribution in [3.63, 3.8) is 0 Å². The van der Waals surface area contributed by atoms with Crippen molar-refractivity contribution >= 4 is 26.5 Å². The molecule has 10 heteroatoms. The highest BCUT2D eigenvalue weighted by atomic mass is 32.2. The van der Waals surface area contributed by atoms with Crippen molar-refractivity contribution in [2.45, 2.75) is 19.0 Å². The van der Waals surface area contributed by atoms with Gasteiger partial charge in [0.2, 0.25) is 10.0 Å². The Balaban J connectivity index is 1.96. The molecule has 0 unspecified atom stereocenters. The summed E-state index contributed by atoms with van der Waals surface area (Å²) in [6.07, 6.45) is -3.27. The minimum Gasteiger partial charge on any atom is -0.348 e. The second-order valence-corrected chi connectivity index (χ2v) is 7.27. The predicted molar refractivity (Wildman–Crippen MR) is 70.0 cm³/mol. The van der Waals surface area contributed by atoms with Gasteiger partial charge < -0.3 is 4.90 Å². The van der Waals surface area contributed by atoms with Gasteiger partial charge in [-0.15, -0.1) is 11.3 Å². The highest BCUT2D eigenvalue weighted by Gasteiger charge is 2.34. The first-order valence-corrected chi connectivity index (χ1v) is 8.53. The van der Waals surface area contributed by atoms with Crippen LogP contribution in [0, 0.1) is 5.92 Å². The first-order chi connectivity index (χ1) is 9.15. The minimum absolute atomic E-state index is 0.0386. The third-order valence-corrected chi connectivity index (χ3v) is 4.97. The molecule has 0 spiro atoms. The molecule has 0 aromatic carbocycles. The van der Waals surface area contributed by atoms with Gasteiger partial charge in [0.05, 0.1) is 5.75 Å². The number of hydrogen-bond acceptors (Lipinski definition) is 5. The molecule has 1 aliphatic heterocycles. The van der Waals surface area contributed by atoms with E-state index in [2.05, 4.69) is 4.98 Å². The highest BCUT2D eigenvalue weighted by Crippen LogP contribution is 2.34. The van der Waals surface area contributed by atoms with Crippen molar-refractivity contribution < 1.29 is 21.6 Å². The van der Waals surface area contributed by atoms with Gasteiger partial charge in [-0.1, -0.05) is 0 Å². The minimum atomic E-state index is -4.43. The Bertz CT molecular complexity index is 563. The van der Waals surface area contributed by atoms with E-state index in [1.807, 2.05) is 0 Å². The van der Waals surface area contributed by atoms with E-state index in [-0.39, 0.29) is 11.7 Å². The number of hydrogen-bond donors (Lipinski definition) is 1. The maximum atomic E-state index is 12.5. The fraction of sp³-hybridized carbons (Fsp3) is 0.700. The Kier molecular flexibility index (Phi) is 4.26. The number of primary sulfonamides is 1. The molecule has 1 saturated heterocycles. The molecule has 0 aliphatic carbocycles. The summed E-state index contributed by atoms with van der Waals surface area (Å²) in [6.45, 7) is 0.982. The van der Waals surface area contributed by atoms with Crippen LogP contribution < -0.4 is 10.0 Å². The van der Waals surface area contributed by atoms with E-state index in [0.29, 0.717) is 31.1 Å². The summed E-state index contributed by atoms with van der Waals surface area (Å²) in [5.41, 5.74) is -0.885. The zero-order valence-electron chi connectivity index (χ0n) is 10.4. The third kappa shape index (κ3) is 4.06. The summed E-state index contributed by atoms with van der Waals surface area (Å²) in [6, 6.07) is 0. The Labute approximate surface area is 118 Å². The number of piperidine rings is 1. The molecule has 1 aliphatic rings. The summed E-state index contributed by atoms with van der Waals surface area (Å²) in [5.74, 6) is -0.115. The van der Waals surface area contributed by atoms with Crippen LogP contribution in [-0.2, 0) is 16.2 Å². The Morgan fingerprint density at radius 1 is 1.40 bits per heavy atom. The van der Waals surface area contributed by atoms with Crippen molar-refractivity contribution in [2.24, 2.45) is 11.1 Å². The van der Waals surface area contributed by atoms with Gasteiger partial charge in [-0.25, -0.2) is 18.5 Å². The summed E-state index contributed by atoms with van der Waals surface area (Å²) in [4.78, 5) is 5.33. The molecule has 114 valence electrons. The molecule has 2 N–H and O–H groups in total. The SMILES string of the molecule is NS(=O)(=O)CC1CCN(c2nc(C(F)(F)F)cs2)CC1. The van der Waals surface area contributed by atoms with Crippen molar-refractivity contribution in [3.05, 3.63) is 11.1 Å². The fourth-order valence-corrected chi connectivity index (χ4v) is 4.04.